The van der Waals surface area contributed by atoms with Crippen molar-refractivity contribution < 1.29 is 9.18 Å². The van der Waals surface area contributed by atoms with Crippen LogP contribution in [0.15, 0.2) is 84.1 Å². The molecule has 8 heteroatoms. The number of benzene rings is 3. The predicted octanol–water partition coefficient (Wildman–Crippen LogP) is 5.47. The summed E-state index contributed by atoms with van der Waals surface area (Å²) in [6.07, 6.45) is 4.50. The van der Waals surface area contributed by atoms with Gasteiger partial charge in [0.1, 0.15) is 11.6 Å². The second-order valence-electron chi connectivity index (χ2n) is 9.10. The number of hydrogen-bond acceptors (Lipinski definition) is 4. The van der Waals surface area contributed by atoms with Crippen LogP contribution in [0.25, 0.3) is 11.3 Å². The molecule has 3 aromatic carbocycles. The van der Waals surface area contributed by atoms with Gasteiger partial charge in [-0.05, 0) is 36.2 Å². The molecule has 5 rings (SSSR count). The predicted molar refractivity (Wildman–Crippen MR) is 144 cm³/mol. The van der Waals surface area contributed by atoms with Crippen LogP contribution in [0, 0.1) is 5.82 Å². The van der Waals surface area contributed by atoms with Crippen molar-refractivity contribution in [2.45, 2.75) is 31.8 Å². The van der Waals surface area contributed by atoms with Crippen LogP contribution in [0.2, 0.25) is 0 Å². The molecule has 2 amide bonds. The largest absolute Gasteiger partial charge is 0.341 e. The fourth-order valence-electron chi connectivity index (χ4n) is 4.54. The molecule has 3 N–H and O–H groups in total. The molecule has 1 aromatic heterocycles. The zero-order valence-electron chi connectivity index (χ0n) is 20.8. The number of hydrogen-bond donors (Lipinski definition) is 3. The van der Waals surface area contributed by atoms with E-state index in [0.717, 1.165) is 34.6 Å². The third-order valence-corrected chi connectivity index (χ3v) is 6.58. The summed E-state index contributed by atoms with van der Waals surface area (Å²) in [5.41, 5.74) is 5.43. The van der Waals surface area contributed by atoms with E-state index < -0.39 is 0 Å². The highest BCUT2D eigenvalue weighted by Crippen LogP contribution is 2.29. The van der Waals surface area contributed by atoms with Crippen molar-refractivity contribution in [3.63, 3.8) is 0 Å². The molecule has 0 saturated carbocycles. The highest BCUT2D eigenvalue weighted by Gasteiger charge is 2.21. The number of aromatic nitrogens is 2. The molecule has 188 valence electrons. The van der Waals surface area contributed by atoms with Gasteiger partial charge in [0.05, 0.1) is 11.9 Å². The maximum Gasteiger partial charge on any atom is 0.318 e. The molecular formula is C29H29FN6O. The van der Waals surface area contributed by atoms with Crippen LogP contribution in [0.4, 0.5) is 14.9 Å². The third kappa shape index (κ3) is 5.44. The van der Waals surface area contributed by atoms with Crippen LogP contribution in [-0.4, -0.2) is 29.0 Å². The summed E-state index contributed by atoms with van der Waals surface area (Å²) >= 11 is 0. The molecule has 2 unspecified atom stereocenters. The third-order valence-electron chi connectivity index (χ3n) is 6.58. The Kier molecular flexibility index (Phi) is 7.09. The van der Waals surface area contributed by atoms with Crippen molar-refractivity contribution in [2.75, 3.05) is 12.4 Å². The smallest absolute Gasteiger partial charge is 0.318 e. The fraction of sp³-hybridized carbons (Fsp3) is 0.207. The molecule has 0 fully saturated rings. The fourth-order valence-corrected chi connectivity index (χ4v) is 4.54. The second-order valence-corrected chi connectivity index (χ2v) is 9.10. The number of amides is 2. The van der Waals surface area contributed by atoms with Crippen LogP contribution >= 0.6 is 0 Å². The highest BCUT2D eigenvalue weighted by atomic mass is 19.1. The van der Waals surface area contributed by atoms with Gasteiger partial charge in [-0.1, -0.05) is 54.6 Å². The number of halogens is 1. The summed E-state index contributed by atoms with van der Waals surface area (Å²) in [4.78, 5) is 16.3. The Labute approximate surface area is 215 Å². The molecule has 0 spiro atoms. The first-order valence-corrected chi connectivity index (χ1v) is 12.3. The highest BCUT2D eigenvalue weighted by molar-refractivity contribution is 5.89. The summed E-state index contributed by atoms with van der Waals surface area (Å²) < 4.78 is 16.0. The number of anilines is 1. The summed E-state index contributed by atoms with van der Waals surface area (Å²) in [6.45, 7) is 2.60. The zero-order valence-corrected chi connectivity index (χ0v) is 20.8. The molecule has 2 heterocycles. The molecule has 4 aromatic rings. The number of carbonyl (C=O) groups excluding carboxylic acids is 1. The topological polar surface area (TPSA) is 83.3 Å². The molecule has 1 aliphatic rings. The molecule has 0 radical (unpaired) electrons. The molecule has 0 aliphatic carbocycles. The van der Waals surface area contributed by atoms with E-state index in [2.05, 4.69) is 39.1 Å². The minimum atomic E-state index is -0.271. The molecule has 1 aliphatic heterocycles. The Morgan fingerprint density at radius 1 is 1.11 bits per heavy atom. The monoisotopic (exact) mass is 496 g/mol. The lowest BCUT2D eigenvalue weighted by atomic mass is 9.94. The van der Waals surface area contributed by atoms with Gasteiger partial charge in [0.2, 0.25) is 0 Å². The van der Waals surface area contributed by atoms with Crippen molar-refractivity contribution in [1.29, 1.82) is 0 Å². The van der Waals surface area contributed by atoms with Gasteiger partial charge >= 0.3 is 6.03 Å². The quantitative estimate of drug-likeness (QED) is 0.318. The van der Waals surface area contributed by atoms with Gasteiger partial charge < -0.3 is 16.0 Å². The van der Waals surface area contributed by atoms with Crippen LogP contribution in [0.1, 0.15) is 41.4 Å². The van der Waals surface area contributed by atoms with E-state index in [4.69, 9.17) is 5.10 Å². The van der Waals surface area contributed by atoms with Gasteiger partial charge in [-0.15, -0.1) is 0 Å². The van der Waals surface area contributed by atoms with E-state index in [1.807, 2.05) is 66.5 Å². The maximum absolute atomic E-state index is 14.1. The van der Waals surface area contributed by atoms with Crippen LogP contribution < -0.4 is 16.0 Å². The van der Waals surface area contributed by atoms with Crippen molar-refractivity contribution in [1.82, 2.24) is 20.3 Å². The van der Waals surface area contributed by atoms with Crippen LogP contribution in [0.5, 0.6) is 0 Å². The first-order chi connectivity index (χ1) is 18.0. The SMILES string of the molecule is CNC(=O)Nc1cccc(-c2cnc3n2N=CC(c2cccc(CNC(C)c4ccccc4F)c2)C3)c1. The lowest BCUT2D eigenvalue weighted by Gasteiger charge is -2.20. The van der Waals surface area contributed by atoms with Crippen molar-refractivity contribution >= 4 is 17.9 Å². The second kappa shape index (κ2) is 10.8. The summed E-state index contributed by atoms with van der Waals surface area (Å²) in [5.74, 6) is 0.788. The molecule has 7 nitrogen and oxygen atoms in total. The summed E-state index contributed by atoms with van der Waals surface area (Å²) in [6, 6.07) is 22.5. The average molecular weight is 497 g/mol. The minimum absolute atomic E-state index is 0.0999. The van der Waals surface area contributed by atoms with E-state index in [-0.39, 0.29) is 23.8 Å². The van der Waals surface area contributed by atoms with Gasteiger partial charge in [0.25, 0.3) is 0 Å². The Balaban J connectivity index is 1.29. The average Bonchev–Trinajstić information content (AvgIpc) is 3.35. The number of fused-ring (bicyclic) bond motifs is 1. The first kappa shape index (κ1) is 24.4. The van der Waals surface area contributed by atoms with E-state index >= 15 is 0 Å². The number of nitrogens with zero attached hydrogens (tertiary/aromatic N) is 3. The summed E-state index contributed by atoms with van der Waals surface area (Å²) in [7, 11) is 1.58. The van der Waals surface area contributed by atoms with Gasteiger partial charge in [-0.25, -0.2) is 18.8 Å². The summed E-state index contributed by atoms with van der Waals surface area (Å²) in [5, 5.41) is 13.5. The Morgan fingerprint density at radius 3 is 2.78 bits per heavy atom. The van der Waals surface area contributed by atoms with Crippen molar-refractivity contribution in [2.24, 2.45) is 5.10 Å². The van der Waals surface area contributed by atoms with E-state index in [9.17, 15) is 9.18 Å². The van der Waals surface area contributed by atoms with Crippen molar-refractivity contribution in [3.05, 3.63) is 107 Å². The number of carbonyl (C=O) groups is 1. The number of urea groups is 1. The molecule has 0 bridgehead atoms. The number of rotatable bonds is 7. The molecule has 0 saturated heterocycles. The van der Waals surface area contributed by atoms with Crippen LogP contribution in [0.3, 0.4) is 0 Å². The van der Waals surface area contributed by atoms with E-state index in [0.29, 0.717) is 17.8 Å². The first-order valence-electron chi connectivity index (χ1n) is 12.3. The minimum Gasteiger partial charge on any atom is -0.341 e. The van der Waals surface area contributed by atoms with Gasteiger partial charge in [0.15, 0.2) is 0 Å². The van der Waals surface area contributed by atoms with Gasteiger partial charge in [-0.2, -0.15) is 5.10 Å². The standard InChI is InChI=1S/C29H29FN6O/c1-19(25-11-3-4-12-26(25)30)32-16-20-7-5-8-21(13-20)23-15-28-33-18-27(36(28)34-17-23)22-9-6-10-24(14-22)35-29(37)31-2/h3-14,17-19,23,32H,15-16H2,1-2H3,(H2,31,35,37). The van der Waals surface area contributed by atoms with Crippen LogP contribution in [-0.2, 0) is 13.0 Å². The Bertz CT molecular complexity index is 1450. The maximum atomic E-state index is 14.1. The van der Waals surface area contributed by atoms with Crippen molar-refractivity contribution in [3.8, 4) is 11.3 Å². The lowest BCUT2D eigenvalue weighted by Crippen LogP contribution is -2.24. The molecule has 2 atom stereocenters. The zero-order chi connectivity index (χ0) is 25.8. The lowest BCUT2D eigenvalue weighted by molar-refractivity contribution is 0.254. The molecule has 37 heavy (non-hydrogen) atoms. The Hall–Kier alpha value is -4.30. The van der Waals surface area contributed by atoms with E-state index in [1.54, 1.807) is 13.1 Å². The van der Waals surface area contributed by atoms with E-state index in [1.165, 1.54) is 6.07 Å². The Morgan fingerprint density at radius 2 is 1.95 bits per heavy atom. The normalized spacial score (nSPS) is 15.2. The number of imidazole rings is 1. The number of nitrogens with one attached hydrogen (secondary N) is 3. The molecular weight excluding hydrogens is 467 g/mol. The van der Waals surface area contributed by atoms with Gasteiger partial charge in [0, 0.05) is 55.0 Å². The van der Waals surface area contributed by atoms with Gasteiger partial charge in [-0.3, -0.25) is 0 Å².